The Morgan fingerprint density at radius 3 is 2.81 bits per heavy atom. The summed E-state index contributed by atoms with van der Waals surface area (Å²) in [6, 6.07) is 12.2. The number of rotatable bonds is 6. The molecule has 27 heavy (non-hydrogen) atoms. The third-order valence-corrected chi connectivity index (χ3v) is 4.45. The molecular weight excluding hydrogens is 407 g/mol. The van der Waals surface area contributed by atoms with Crippen LogP contribution in [0, 0.1) is 11.2 Å². The van der Waals surface area contributed by atoms with Crippen LogP contribution in [0.3, 0.4) is 0 Å². The van der Waals surface area contributed by atoms with Crippen molar-refractivity contribution in [2.45, 2.75) is 6.54 Å². The van der Waals surface area contributed by atoms with Crippen LogP contribution in [-0.2, 0) is 6.54 Å². The van der Waals surface area contributed by atoms with Gasteiger partial charge in [0.25, 0.3) is 0 Å². The van der Waals surface area contributed by atoms with Gasteiger partial charge in [0.15, 0.2) is 0 Å². The maximum absolute atomic E-state index is 13.9. The number of nitrogens with zero attached hydrogens (tertiary/aromatic N) is 2. The molecule has 2 N–H and O–H groups in total. The van der Waals surface area contributed by atoms with Crippen LogP contribution in [0.1, 0.15) is 11.3 Å². The van der Waals surface area contributed by atoms with Gasteiger partial charge in [-0.25, -0.2) is 4.39 Å². The lowest BCUT2D eigenvalue weighted by molar-refractivity contribution is 0.605. The van der Waals surface area contributed by atoms with Gasteiger partial charge in [-0.05, 0) is 51.9 Å². The molecule has 2 aromatic rings. The number of benzene rings is 1. The average molecular weight is 425 g/mol. The first-order valence-electron chi connectivity index (χ1n) is 8.40. The maximum atomic E-state index is 13.9. The minimum Gasteiger partial charge on any atom is -0.379 e. The lowest BCUT2D eigenvalue weighted by Gasteiger charge is -2.12. The van der Waals surface area contributed by atoms with Crippen molar-refractivity contribution in [2.24, 2.45) is 4.99 Å². The van der Waals surface area contributed by atoms with E-state index in [9.17, 15) is 4.39 Å². The minimum atomic E-state index is -0.267. The number of hydrogen-bond acceptors (Lipinski definition) is 4. The van der Waals surface area contributed by atoms with Crippen LogP contribution in [0.15, 0.2) is 83.5 Å². The number of allylic oxidation sites excluding steroid dienone is 4. The smallest absolute Gasteiger partial charge is 0.128 e. The van der Waals surface area contributed by atoms with Crippen LogP contribution in [0.2, 0.25) is 0 Å². The van der Waals surface area contributed by atoms with E-state index in [1.165, 1.54) is 6.07 Å². The Labute approximate surface area is 165 Å². The predicted octanol–water partition coefficient (Wildman–Crippen LogP) is 4.66. The molecule has 136 valence electrons. The highest BCUT2D eigenvalue weighted by atomic mass is 79.9. The molecule has 6 heteroatoms. The molecule has 0 aliphatic carbocycles. The Balaban J connectivity index is 1.85. The lowest BCUT2D eigenvalue weighted by Crippen LogP contribution is -2.16. The Morgan fingerprint density at radius 1 is 1.22 bits per heavy atom. The number of aliphatic imine (C=N–C) groups is 1. The monoisotopic (exact) mass is 424 g/mol. The fourth-order valence-corrected chi connectivity index (χ4v) is 2.77. The normalized spacial score (nSPS) is 14.2. The number of aromatic nitrogens is 1. The fourth-order valence-electron chi connectivity index (χ4n) is 2.49. The molecule has 0 saturated heterocycles. The van der Waals surface area contributed by atoms with Crippen LogP contribution in [0.25, 0.3) is 5.70 Å². The second-order valence-corrected chi connectivity index (χ2v) is 6.63. The number of pyridine rings is 1. The number of halogens is 2. The van der Waals surface area contributed by atoms with Crippen molar-refractivity contribution in [3.05, 3.63) is 95.6 Å². The summed E-state index contributed by atoms with van der Waals surface area (Å²) in [4.78, 5) is 8.69. The second-order valence-electron chi connectivity index (χ2n) is 5.82. The molecule has 0 bridgehead atoms. The summed E-state index contributed by atoms with van der Waals surface area (Å²) in [6.07, 6.45) is 8.94. The van der Waals surface area contributed by atoms with Gasteiger partial charge in [-0.1, -0.05) is 36.4 Å². The molecule has 0 saturated carbocycles. The topological polar surface area (TPSA) is 61.1 Å². The Hall–Kier alpha value is -2.86. The van der Waals surface area contributed by atoms with E-state index >= 15 is 0 Å². The van der Waals surface area contributed by atoms with E-state index in [1.54, 1.807) is 30.5 Å². The third kappa shape index (κ3) is 5.31. The first kappa shape index (κ1) is 18.9. The van der Waals surface area contributed by atoms with E-state index in [4.69, 9.17) is 5.41 Å². The predicted molar refractivity (Wildman–Crippen MR) is 112 cm³/mol. The molecule has 1 aromatic heterocycles. The Bertz CT molecular complexity index is 943. The van der Waals surface area contributed by atoms with Crippen molar-refractivity contribution in [3.8, 4) is 0 Å². The van der Waals surface area contributed by atoms with E-state index in [0.717, 1.165) is 10.2 Å². The van der Waals surface area contributed by atoms with E-state index in [1.807, 2.05) is 36.4 Å². The summed E-state index contributed by atoms with van der Waals surface area (Å²) in [5.41, 5.74) is 3.00. The fraction of sp³-hybridized carbons (Fsp3) is 0.0952. The van der Waals surface area contributed by atoms with Gasteiger partial charge in [0.1, 0.15) is 10.4 Å². The highest BCUT2D eigenvalue weighted by molar-refractivity contribution is 9.18. The quantitative estimate of drug-likeness (QED) is 0.662. The molecule has 4 nitrogen and oxygen atoms in total. The zero-order valence-electron chi connectivity index (χ0n) is 14.5. The summed E-state index contributed by atoms with van der Waals surface area (Å²) < 4.78 is 14.7. The zero-order chi connectivity index (χ0) is 19.1. The molecule has 0 radical (unpaired) electrons. The molecular formula is C21H18BrFN4. The van der Waals surface area contributed by atoms with Gasteiger partial charge in [0, 0.05) is 18.3 Å². The molecule has 0 atom stereocenters. The minimum absolute atomic E-state index is 0.267. The summed E-state index contributed by atoms with van der Waals surface area (Å²) in [5, 5.41) is 11.7. The van der Waals surface area contributed by atoms with Crippen LogP contribution < -0.4 is 5.32 Å². The van der Waals surface area contributed by atoms with Gasteiger partial charge in [-0.15, -0.1) is 0 Å². The van der Waals surface area contributed by atoms with Crippen LogP contribution in [0.4, 0.5) is 4.39 Å². The molecule has 0 amide bonds. The van der Waals surface area contributed by atoms with Crippen molar-refractivity contribution in [1.29, 1.82) is 5.41 Å². The molecule has 1 aliphatic heterocycles. The second kappa shape index (κ2) is 9.19. The van der Waals surface area contributed by atoms with Crippen LogP contribution in [-0.4, -0.2) is 21.9 Å². The van der Waals surface area contributed by atoms with Crippen molar-refractivity contribution in [3.63, 3.8) is 0 Å². The Kier molecular flexibility index (Phi) is 6.44. The first-order valence-corrected chi connectivity index (χ1v) is 9.19. The molecule has 2 heterocycles. The molecule has 3 rings (SSSR count). The van der Waals surface area contributed by atoms with Gasteiger partial charge in [0.2, 0.25) is 0 Å². The largest absolute Gasteiger partial charge is 0.379 e. The molecule has 0 fully saturated rings. The SMILES string of the molecule is N=C(/C=C(\NCc1ccccc1F)c1ccccn1)C1=CC=CC(Br)=NC1. The summed E-state index contributed by atoms with van der Waals surface area (Å²) in [5.74, 6) is -0.267. The van der Waals surface area contributed by atoms with Crippen LogP contribution in [0.5, 0.6) is 0 Å². The molecule has 1 aromatic carbocycles. The summed E-state index contributed by atoms with van der Waals surface area (Å²) in [7, 11) is 0. The van der Waals surface area contributed by atoms with Gasteiger partial charge in [0.05, 0.1) is 23.6 Å². The zero-order valence-corrected chi connectivity index (χ0v) is 16.1. The maximum Gasteiger partial charge on any atom is 0.128 e. The lowest BCUT2D eigenvalue weighted by atomic mass is 10.1. The van der Waals surface area contributed by atoms with E-state index in [-0.39, 0.29) is 5.82 Å². The highest BCUT2D eigenvalue weighted by Crippen LogP contribution is 2.14. The van der Waals surface area contributed by atoms with Crippen LogP contribution >= 0.6 is 15.9 Å². The van der Waals surface area contributed by atoms with Gasteiger partial charge < -0.3 is 10.7 Å². The molecule has 0 spiro atoms. The Morgan fingerprint density at radius 2 is 2.04 bits per heavy atom. The van der Waals surface area contributed by atoms with E-state index < -0.39 is 0 Å². The van der Waals surface area contributed by atoms with Crippen molar-refractivity contribution >= 4 is 32.0 Å². The van der Waals surface area contributed by atoms with Gasteiger partial charge in [-0.2, -0.15) is 0 Å². The standard InChI is InChI=1S/C21H18BrFN4/c22-21-10-5-7-16(14-27-21)18(24)12-20(19-9-3-4-11-25-19)26-13-15-6-1-2-8-17(15)23/h1-12,24,26H,13-14H2/b20-12-,24-18?. The van der Waals surface area contributed by atoms with Crippen molar-refractivity contribution < 1.29 is 4.39 Å². The third-order valence-electron chi connectivity index (χ3n) is 3.93. The van der Waals surface area contributed by atoms with E-state index in [2.05, 4.69) is 31.2 Å². The summed E-state index contributed by atoms with van der Waals surface area (Å²) in [6.45, 7) is 0.705. The molecule has 0 unspecified atom stereocenters. The van der Waals surface area contributed by atoms with Crippen molar-refractivity contribution in [2.75, 3.05) is 6.54 Å². The summed E-state index contributed by atoms with van der Waals surface area (Å²) >= 11 is 3.35. The van der Waals surface area contributed by atoms with Gasteiger partial charge >= 0.3 is 0 Å². The average Bonchev–Trinajstić information content (AvgIpc) is 2.91. The highest BCUT2D eigenvalue weighted by Gasteiger charge is 2.10. The first-order chi connectivity index (χ1) is 13.1. The number of nitrogens with one attached hydrogen (secondary N) is 2. The van der Waals surface area contributed by atoms with E-state index in [0.29, 0.717) is 35.8 Å². The van der Waals surface area contributed by atoms with Gasteiger partial charge in [-0.3, -0.25) is 9.98 Å². The molecule has 1 aliphatic rings. The number of hydrogen-bond donors (Lipinski definition) is 2. The van der Waals surface area contributed by atoms with Crippen molar-refractivity contribution in [1.82, 2.24) is 10.3 Å².